The maximum absolute atomic E-state index is 11.4. The molecule has 1 rings (SSSR count). The number of carbonyl (C=O) groups is 1. The van der Waals surface area contributed by atoms with E-state index in [-0.39, 0.29) is 11.8 Å². The first-order valence-corrected chi connectivity index (χ1v) is 5.68. The van der Waals surface area contributed by atoms with E-state index in [0.717, 1.165) is 26.1 Å². The number of carbonyl (C=O) groups excluding carboxylic acids is 1. The van der Waals surface area contributed by atoms with Gasteiger partial charge in [0.25, 0.3) is 0 Å². The average Bonchev–Trinajstić information content (AvgIpc) is 2.70. The Balaban J connectivity index is 0.000000791. The Bertz CT molecular complexity index is 151. The third-order valence-electron chi connectivity index (χ3n) is 2.12. The summed E-state index contributed by atoms with van der Waals surface area (Å²) < 4.78 is 0. The lowest BCUT2D eigenvalue weighted by Gasteiger charge is -2.11. The maximum atomic E-state index is 11.4. The molecule has 0 radical (unpaired) electrons. The van der Waals surface area contributed by atoms with Crippen LogP contribution in [0.2, 0.25) is 0 Å². The molecule has 2 N–H and O–H groups in total. The summed E-state index contributed by atoms with van der Waals surface area (Å²) in [5.41, 5.74) is 0. The molecule has 0 spiro atoms. The van der Waals surface area contributed by atoms with Gasteiger partial charge in [-0.3, -0.25) is 4.79 Å². The van der Waals surface area contributed by atoms with Gasteiger partial charge in [0.05, 0.1) is 5.92 Å². The molecule has 14 heavy (non-hydrogen) atoms. The predicted molar refractivity (Wildman–Crippen MR) is 60.2 cm³/mol. The number of hydrogen-bond donors (Lipinski definition) is 2. The topological polar surface area (TPSA) is 41.1 Å². The van der Waals surface area contributed by atoms with Crippen LogP contribution in [-0.2, 0) is 4.79 Å². The Hall–Kier alpha value is -0.570. The molecule has 1 heterocycles. The van der Waals surface area contributed by atoms with Gasteiger partial charge in [-0.25, -0.2) is 0 Å². The Morgan fingerprint density at radius 1 is 1.50 bits per heavy atom. The van der Waals surface area contributed by atoms with Gasteiger partial charge in [-0.1, -0.05) is 27.7 Å². The summed E-state index contributed by atoms with van der Waals surface area (Å²) in [4.78, 5) is 11.4. The molecule has 0 aromatic rings. The van der Waals surface area contributed by atoms with E-state index in [1.54, 1.807) is 0 Å². The minimum Gasteiger partial charge on any atom is -0.356 e. The van der Waals surface area contributed by atoms with Crippen molar-refractivity contribution in [1.82, 2.24) is 10.6 Å². The molecular weight excluding hydrogens is 176 g/mol. The lowest BCUT2D eigenvalue weighted by atomic mass is 10.1. The molecule has 0 aliphatic carbocycles. The highest BCUT2D eigenvalue weighted by atomic mass is 16.1. The van der Waals surface area contributed by atoms with Crippen molar-refractivity contribution in [3.8, 4) is 0 Å². The Labute approximate surface area is 87.6 Å². The predicted octanol–water partition coefficient (Wildman–Crippen LogP) is 1.39. The lowest BCUT2D eigenvalue weighted by Crippen LogP contribution is -2.34. The van der Waals surface area contributed by atoms with Crippen LogP contribution in [0.15, 0.2) is 0 Å². The minimum atomic E-state index is 0.212. The molecule has 3 nitrogen and oxygen atoms in total. The van der Waals surface area contributed by atoms with Crippen molar-refractivity contribution in [3.05, 3.63) is 0 Å². The van der Waals surface area contributed by atoms with Crippen molar-refractivity contribution in [1.29, 1.82) is 0 Å². The summed E-state index contributed by atoms with van der Waals surface area (Å²) in [5.74, 6) is 0.973. The highest BCUT2D eigenvalue weighted by Crippen LogP contribution is 2.06. The van der Waals surface area contributed by atoms with Crippen LogP contribution in [0.3, 0.4) is 0 Å². The Morgan fingerprint density at radius 3 is 2.57 bits per heavy atom. The van der Waals surface area contributed by atoms with Gasteiger partial charge in [-0.2, -0.15) is 0 Å². The van der Waals surface area contributed by atoms with Gasteiger partial charge in [0.1, 0.15) is 0 Å². The van der Waals surface area contributed by atoms with Crippen LogP contribution >= 0.6 is 0 Å². The van der Waals surface area contributed by atoms with Gasteiger partial charge >= 0.3 is 0 Å². The highest BCUT2D eigenvalue weighted by Gasteiger charge is 2.21. The number of amides is 1. The Morgan fingerprint density at radius 2 is 2.14 bits per heavy atom. The van der Waals surface area contributed by atoms with Crippen LogP contribution in [0.4, 0.5) is 0 Å². The van der Waals surface area contributed by atoms with Crippen LogP contribution in [0, 0.1) is 11.8 Å². The molecule has 0 bridgehead atoms. The van der Waals surface area contributed by atoms with Crippen molar-refractivity contribution < 1.29 is 4.79 Å². The molecule has 1 saturated heterocycles. The summed E-state index contributed by atoms with van der Waals surface area (Å²) in [7, 11) is 0. The van der Waals surface area contributed by atoms with E-state index in [1.165, 1.54) is 0 Å². The quantitative estimate of drug-likeness (QED) is 0.723. The molecule has 0 aromatic heterocycles. The van der Waals surface area contributed by atoms with Gasteiger partial charge in [-0.05, 0) is 18.9 Å². The molecular formula is C11H24N2O. The van der Waals surface area contributed by atoms with E-state index in [2.05, 4.69) is 24.5 Å². The highest BCUT2D eigenvalue weighted by molar-refractivity contribution is 5.79. The second kappa shape index (κ2) is 7.80. The number of hydrogen-bond acceptors (Lipinski definition) is 2. The van der Waals surface area contributed by atoms with Gasteiger partial charge in [0.15, 0.2) is 0 Å². The van der Waals surface area contributed by atoms with Crippen molar-refractivity contribution in [2.24, 2.45) is 11.8 Å². The zero-order valence-corrected chi connectivity index (χ0v) is 9.89. The molecule has 1 fully saturated rings. The van der Waals surface area contributed by atoms with Crippen LogP contribution in [-0.4, -0.2) is 25.5 Å². The molecule has 3 heteroatoms. The fraction of sp³-hybridized carbons (Fsp3) is 0.909. The third-order valence-corrected chi connectivity index (χ3v) is 2.12. The van der Waals surface area contributed by atoms with Gasteiger partial charge < -0.3 is 10.6 Å². The zero-order chi connectivity index (χ0) is 11.0. The second-order valence-corrected chi connectivity index (χ2v) is 3.83. The van der Waals surface area contributed by atoms with Crippen LogP contribution < -0.4 is 10.6 Å². The normalized spacial score (nSPS) is 20.2. The van der Waals surface area contributed by atoms with E-state index >= 15 is 0 Å². The van der Waals surface area contributed by atoms with Gasteiger partial charge in [-0.15, -0.1) is 0 Å². The molecule has 1 amide bonds. The van der Waals surface area contributed by atoms with Crippen molar-refractivity contribution in [3.63, 3.8) is 0 Å². The fourth-order valence-corrected chi connectivity index (χ4v) is 1.33. The van der Waals surface area contributed by atoms with Gasteiger partial charge in [0.2, 0.25) is 5.91 Å². The van der Waals surface area contributed by atoms with Crippen molar-refractivity contribution >= 4 is 5.91 Å². The standard InChI is InChI=1S/C9H18N2O.C2H6/c1-7(2)5-11-9(12)8-3-4-10-6-8;1-2/h7-8,10H,3-6H2,1-2H3,(H,11,12);1-2H3. The first kappa shape index (κ1) is 13.4. The van der Waals surface area contributed by atoms with Crippen LogP contribution in [0.5, 0.6) is 0 Å². The minimum absolute atomic E-state index is 0.212. The van der Waals surface area contributed by atoms with E-state index in [9.17, 15) is 4.79 Å². The summed E-state index contributed by atoms with van der Waals surface area (Å²) in [6.07, 6.45) is 0.990. The first-order chi connectivity index (χ1) is 6.70. The fourth-order valence-electron chi connectivity index (χ4n) is 1.33. The third kappa shape index (κ3) is 5.22. The smallest absolute Gasteiger partial charge is 0.224 e. The molecule has 1 unspecified atom stereocenters. The van der Waals surface area contributed by atoms with Crippen LogP contribution in [0.1, 0.15) is 34.1 Å². The van der Waals surface area contributed by atoms with Gasteiger partial charge in [0, 0.05) is 13.1 Å². The molecule has 1 aliphatic heterocycles. The molecule has 84 valence electrons. The number of nitrogens with one attached hydrogen (secondary N) is 2. The lowest BCUT2D eigenvalue weighted by molar-refractivity contribution is -0.124. The molecule has 1 aliphatic rings. The summed E-state index contributed by atoms with van der Waals surface area (Å²) in [6.45, 7) is 10.8. The van der Waals surface area contributed by atoms with E-state index in [0.29, 0.717) is 5.92 Å². The summed E-state index contributed by atoms with van der Waals surface area (Å²) in [5, 5.41) is 6.13. The first-order valence-electron chi connectivity index (χ1n) is 5.68. The van der Waals surface area contributed by atoms with Crippen LogP contribution in [0.25, 0.3) is 0 Å². The average molecular weight is 200 g/mol. The molecule has 0 aromatic carbocycles. The summed E-state index contributed by atoms with van der Waals surface area (Å²) in [6, 6.07) is 0. The Kier molecular flexibility index (Phi) is 7.48. The van der Waals surface area contributed by atoms with Crippen molar-refractivity contribution in [2.45, 2.75) is 34.1 Å². The van der Waals surface area contributed by atoms with E-state index in [4.69, 9.17) is 0 Å². The number of rotatable bonds is 3. The molecule has 1 atom stereocenters. The zero-order valence-electron chi connectivity index (χ0n) is 9.89. The SMILES string of the molecule is CC.CC(C)CNC(=O)C1CCNC1. The summed E-state index contributed by atoms with van der Waals surface area (Å²) >= 11 is 0. The largest absolute Gasteiger partial charge is 0.356 e. The maximum Gasteiger partial charge on any atom is 0.224 e. The second-order valence-electron chi connectivity index (χ2n) is 3.83. The molecule has 0 saturated carbocycles. The van der Waals surface area contributed by atoms with E-state index in [1.807, 2.05) is 13.8 Å². The van der Waals surface area contributed by atoms with Crippen molar-refractivity contribution in [2.75, 3.05) is 19.6 Å². The monoisotopic (exact) mass is 200 g/mol. The van der Waals surface area contributed by atoms with E-state index < -0.39 is 0 Å².